The van der Waals surface area contributed by atoms with Gasteiger partial charge in [0, 0.05) is 36.0 Å². The SMILES string of the molecule is Nc1ccc(S(=O)CCN2CCNC2=O)cc1. The molecule has 1 fully saturated rings. The van der Waals surface area contributed by atoms with Gasteiger partial charge in [0.15, 0.2) is 0 Å². The fraction of sp³-hybridized carbons (Fsp3) is 0.364. The van der Waals surface area contributed by atoms with E-state index in [0.717, 1.165) is 4.90 Å². The summed E-state index contributed by atoms with van der Waals surface area (Å²) in [6.45, 7) is 1.88. The van der Waals surface area contributed by atoms with E-state index in [1.54, 1.807) is 29.2 Å². The predicted octanol–water partition coefficient (Wildman–Crippen LogP) is 0.402. The lowest BCUT2D eigenvalue weighted by atomic mass is 10.3. The molecule has 1 heterocycles. The Kier molecular flexibility index (Phi) is 3.63. The molecule has 2 amide bonds. The lowest BCUT2D eigenvalue weighted by Gasteiger charge is -2.13. The summed E-state index contributed by atoms with van der Waals surface area (Å²) < 4.78 is 11.9. The van der Waals surface area contributed by atoms with Gasteiger partial charge in [0.1, 0.15) is 0 Å². The normalized spacial score (nSPS) is 16.9. The number of carbonyl (C=O) groups is 1. The van der Waals surface area contributed by atoms with E-state index in [-0.39, 0.29) is 6.03 Å². The third-order valence-corrected chi connectivity index (χ3v) is 3.99. The zero-order chi connectivity index (χ0) is 12.3. The van der Waals surface area contributed by atoms with Crippen LogP contribution in [0.15, 0.2) is 29.2 Å². The molecule has 3 N–H and O–H groups in total. The summed E-state index contributed by atoms with van der Waals surface area (Å²) in [6.07, 6.45) is 0. The molecule has 2 rings (SSSR count). The van der Waals surface area contributed by atoms with Crippen LogP contribution in [-0.2, 0) is 10.8 Å². The van der Waals surface area contributed by atoms with E-state index in [1.165, 1.54) is 0 Å². The fourth-order valence-corrected chi connectivity index (χ4v) is 2.72. The molecule has 1 unspecified atom stereocenters. The van der Waals surface area contributed by atoms with Crippen molar-refractivity contribution in [2.75, 3.05) is 31.1 Å². The highest BCUT2D eigenvalue weighted by molar-refractivity contribution is 7.85. The van der Waals surface area contributed by atoms with E-state index in [9.17, 15) is 9.00 Å². The van der Waals surface area contributed by atoms with Crippen molar-refractivity contribution in [1.29, 1.82) is 0 Å². The highest BCUT2D eigenvalue weighted by Gasteiger charge is 2.19. The topological polar surface area (TPSA) is 75.4 Å². The molecule has 6 heteroatoms. The molecule has 0 radical (unpaired) electrons. The number of urea groups is 1. The first-order valence-electron chi connectivity index (χ1n) is 5.43. The van der Waals surface area contributed by atoms with Crippen molar-refractivity contribution < 1.29 is 9.00 Å². The first kappa shape index (κ1) is 11.9. The van der Waals surface area contributed by atoms with Crippen LogP contribution in [0.5, 0.6) is 0 Å². The molecule has 5 nitrogen and oxygen atoms in total. The van der Waals surface area contributed by atoms with Crippen LogP contribution in [0.3, 0.4) is 0 Å². The minimum Gasteiger partial charge on any atom is -0.399 e. The number of nitrogens with two attached hydrogens (primary N) is 1. The van der Waals surface area contributed by atoms with Crippen molar-refractivity contribution in [3.05, 3.63) is 24.3 Å². The molecule has 0 aliphatic carbocycles. The number of nitrogens with zero attached hydrogens (tertiary/aromatic N) is 1. The lowest BCUT2D eigenvalue weighted by molar-refractivity contribution is 0.220. The Morgan fingerprint density at radius 2 is 2.06 bits per heavy atom. The number of benzene rings is 1. The van der Waals surface area contributed by atoms with Crippen LogP contribution in [0.2, 0.25) is 0 Å². The van der Waals surface area contributed by atoms with Gasteiger partial charge in [-0.1, -0.05) is 0 Å². The van der Waals surface area contributed by atoms with Gasteiger partial charge in [-0.2, -0.15) is 0 Å². The van der Waals surface area contributed by atoms with E-state index in [1.807, 2.05) is 0 Å². The quantitative estimate of drug-likeness (QED) is 0.763. The minimum absolute atomic E-state index is 0.0701. The minimum atomic E-state index is -1.08. The second-order valence-electron chi connectivity index (χ2n) is 3.84. The Balaban J connectivity index is 1.89. The molecule has 0 bridgehead atoms. The smallest absolute Gasteiger partial charge is 0.317 e. The van der Waals surface area contributed by atoms with Crippen LogP contribution < -0.4 is 11.1 Å². The van der Waals surface area contributed by atoms with Crippen LogP contribution in [0.4, 0.5) is 10.5 Å². The zero-order valence-electron chi connectivity index (χ0n) is 9.39. The molecule has 17 heavy (non-hydrogen) atoms. The average Bonchev–Trinajstić information content (AvgIpc) is 2.73. The summed E-state index contributed by atoms with van der Waals surface area (Å²) in [6, 6.07) is 6.91. The average molecular weight is 253 g/mol. The van der Waals surface area contributed by atoms with Crippen LogP contribution >= 0.6 is 0 Å². The Morgan fingerprint density at radius 3 is 2.65 bits per heavy atom. The molecule has 1 aromatic carbocycles. The number of amides is 2. The van der Waals surface area contributed by atoms with Gasteiger partial charge in [0.05, 0.1) is 10.8 Å². The largest absolute Gasteiger partial charge is 0.399 e. The standard InChI is InChI=1S/C11H15N3O2S/c12-9-1-3-10(4-2-9)17(16)8-7-14-6-5-13-11(14)15/h1-4H,5-8,12H2,(H,13,15). The predicted molar refractivity (Wildman–Crippen MR) is 67.1 cm³/mol. The number of nitrogen functional groups attached to an aromatic ring is 1. The maximum absolute atomic E-state index is 11.9. The van der Waals surface area contributed by atoms with Crippen molar-refractivity contribution in [2.24, 2.45) is 0 Å². The van der Waals surface area contributed by atoms with Gasteiger partial charge < -0.3 is 16.0 Å². The molecule has 1 aliphatic heterocycles. The molecule has 92 valence electrons. The van der Waals surface area contributed by atoms with Crippen LogP contribution in [-0.4, -0.2) is 40.5 Å². The van der Waals surface area contributed by atoms with Gasteiger partial charge in [-0.15, -0.1) is 0 Å². The summed E-state index contributed by atoms with van der Waals surface area (Å²) in [5.41, 5.74) is 6.22. The fourth-order valence-electron chi connectivity index (χ4n) is 1.66. The number of rotatable bonds is 4. The Labute approximate surface area is 102 Å². The Morgan fingerprint density at radius 1 is 1.35 bits per heavy atom. The van der Waals surface area contributed by atoms with E-state index >= 15 is 0 Å². The number of anilines is 1. The van der Waals surface area contributed by atoms with Gasteiger partial charge in [-0.3, -0.25) is 4.21 Å². The van der Waals surface area contributed by atoms with Gasteiger partial charge in [-0.05, 0) is 24.3 Å². The van der Waals surface area contributed by atoms with Crippen LogP contribution in [0.25, 0.3) is 0 Å². The Hall–Kier alpha value is -1.56. The third kappa shape index (κ3) is 2.97. The second-order valence-corrected chi connectivity index (χ2v) is 5.41. The third-order valence-electron chi connectivity index (χ3n) is 2.63. The highest BCUT2D eigenvalue weighted by atomic mass is 32.2. The molecule has 0 aromatic heterocycles. The van der Waals surface area contributed by atoms with Gasteiger partial charge in [0.2, 0.25) is 0 Å². The summed E-state index contributed by atoms with van der Waals surface area (Å²) in [5, 5.41) is 2.71. The first-order valence-corrected chi connectivity index (χ1v) is 6.75. The summed E-state index contributed by atoms with van der Waals surface area (Å²) in [4.78, 5) is 13.7. The molecule has 1 saturated heterocycles. The number of carbonyl (C=O) groups excluding carboxylic acids is 1. The molecular formula is C11H15N3O2S. The maximum atomic E-state index is 11.9. The van der Waals surface area contributed by atoms with Crippen LogP contribution in [0, 0.1) is 0 Å². The zero-order valence-corrected chi connectivity index (χ0v) is 10.2. The Bertz CT molecular complexity index is 433. The maximum Gasteiger partial charge on any atom is 0.317 e. The monoisotopic (exact) mass is 253 g/mol. The molecule has 0 saturated carbocycles. The van der Waals surface area contributed by atoms with Crippen molar-refractivity contribution >= 4 is 22.5 Å². The van der Waals surface area contributed by atoms with E-state index in [0.29, 0.717) is 31.1 Å². The number of hydrogen-bond donors (Lipinski definition) is 2. The second kappa shape index (κ2) is 5.18. The van der Waals surface area contributed by atoms with Crippen LogP contribution in [0.1, 0.15) is 0 Å². The van der Waals surface area contributed by atoms with Crippen molar-refractivity contribution in [3.8, 4) is 0 Å². The van der Waals surface area contributed by atoms with Gasteiger partial charge in [-0.25, -0.2) is 4.79 Å². The van der Waals surface area contributed by atoms with Gasteiger partial charge >= 0.3 is 6.03 Å². The van der Waals surface area contributed by atoms with E-state index < -0.39 is 10.8 Å². The molecule has 1 aliphatic rings. The van der Waals surface area contributed by atoms with E-state index in [4.69, 9.17) is 5.73 Å². The summed E-state index contributed by atoms with van der Waals surface area (Å²) in [5.74, 6) is 0.456. The molecule has 1 atom stereocenters. The molecular weight excluding hydrogens is 238 g/mol. The van der Waals surface area contributed by atoms with Crippen molar-refractivity contribution in [2.45, 2.75) is 4.90 Å². The molecule has 0 spiro atoms. The van der Waals surface area contributed by atoms with E-state index in [2.05, 4.69) is 5.32 Å². The summed E-state index contributed by atoms with van der Waals surface area (Å²) >= 11 is 0. The highest BCUT2D eigenvalue weighted by Crippen LogP contribution is 2.10. The lowest BCUT2D eigenvalue weighted by Crippen LogP contribution is -2.31. The summed E-state index contributed by atoms with van der Waals surface area (Å²) in [7, 11) is -1.08. The van der Waals surface area contributed by atoms with Crippen molar-refractivity contribution in [3.63, 3.8) is 0 Å². The van der Waals surface area contributed by atoms with Gasteiger partial charge in [0.25, 0.3) is 0 Å². The van der Waals surface area contributed by atoms with Crippen molar-refractivity contribution in [1.82, 2.24) is 10.2 Å². The molecule has 1 aromatic rings. The number of nitrogens with one attached hydrogen (secondary N) is 1. The number of hydrogen-bond acceptors (Lipinski definition) is 3. The first-order chi connectivity index (χ1) is 8.16.